The first-order chi connectivity index (χ1) is 14.2. The van der Waals surface area contributed by atoms with E-state index in [2.05, 4.69) is 10.3 Å². The van der Waals surface area contributed by atoms with Gasteiger partial charge in [0.05, 0.1) is 15.8 Å². The van der Waals surface area contributed by atoms with Crippen molar-refractivity contribution in [2.24, 2.45) is 11.3 Å². The number of aromatic nitrogens is 1. The Labute approximate surface area is 190 Å². The fourth-order valence-corrected chi connectivity index (χ4v) is 5.38. The number of rotatable bonds is 8. The second kappa shape index (κ2) is 10.0. The number of thiazole rings is 1. The Hall–Kier alpha value is -1.77. The zero-order valence-corrected chi connectivity index (χ0v) is 19.4. The second-order valence-electron chi connectivity index (χ2n) is 8.13. The lowest BCUT2D eigenvalue weighted by atomic mass is 9.97. The number of hydrogen-bond donors (Lipinski definition) is 2. The Morgan fingerprint density at radius 2 is 2.10 bits per heavy atom. The van der Waals surface area contributed by atoms with Crippen LogP contribution in [0.15, 0.2) is 34.7 Å². The predicted octanol–water partition coefficient (Wildman–Crippen LogP) is 6.23. The number of halogens is 1. The molecule has 0 radical (unpaired) electrons. The number of thioether (sulfide) groups is 1. The molecule has 1 aromatic heterocycles. The van der Waals surface area contributed by atoms with E-state index in [1.54, 1.807) is 37.1 Å². The molecule has 1 heterocycles. The third-order valence-electron chi connectivity index (χ3n) is 5.13. The van der Waals surface area contributed by atoms with Crippen molar-refractivity contribution in [3.8, 4) is 0 Å². The number of urea groups is 1. The number of hydrogen-bond acceptors (Lipinski definition) is 5. The summed E-state index contributed by atoms with van der Waals surface area (Å²) in [7, 11) is 0. The van der Waals surface area contributed by atoms with Gasteiger partial charge < -0.3 is 5.11 Å². The van der Waals surface area contributed by atoms with Crippen LogP contribution in [0, 0.1) is 11.3 Å². The topological polar surface area (TPSA) is 82.5 Å². The monoisotopic (exact) mass is 467 g/mol. The van der Waals surface area contributed by atoms with E-state index >= 15 is 0 Å². The van der Waals surface area contributed by atoms with Gasteiger partial charge in [-0.3, -0.25) is 15.0 Å². The number of carboxylic acid groups (broad SMARTS) is 1. The molecule has 6 nitrogen and oxygen atoms in total. The summed E-state index contributed by atoms with van der Waals surface area (Å²) in [6.07, 6.45) is 6.33. The summed E-state index contributed by atoms with van der Waals surface area (Å²) in [5, 5.41) is 13.2. The molecule has 2 N–H and O–H groups in total. The van der Waals surface area contributed by atoms with Crippen molar-refractivity contribution in [3.63, 3.8) is 0 Å². The third kappa shape index (κ3) is 6.12. The van der Waals surface area contributed by atoms with Crippen LogP contribution in [0.2, 0.25) is 5.02 Å². The fourth-order valence-electron chi connectivity index (χ4n) is 3.26. The minimum absolute atomic E-state index is 0.235. The van der Waals surface area contributed by atoms with Crippen molar-refractivity contribution < 1.29 is 14.7 Å². The maximum atomic E-state index is 13.1. The maximum absolute atomic E-state index is 13.1. The molecule has 1 aromatic carbocycles. The van der Waals surface area contributed by atoms with Gasteiger partial charge in [0.25, 0.3) is 0 Å². The quantitative estimate of drug-likeness (QED) is 0.450. The summed E-state index contributed by atoms with van der Waals surface area (Å²) >= 11 is 8.93. The highest BCUT2D eigenvalue weighted by Gasteiger charge is 2.28. The van der Waals surface area contributed by atoms with Crippen LogP contribution in [0.5, 0.6) is 0 Å². The molecule has 0 unspecified atom stereocenters. The first kappa shape index (κ1) is 22.9. The molecule has 1 aliphatic carbocycles. The number of nitrogens with zero attached hydrogens (tertiary/aromatic N) is 2. The SMILES string of the molecule is CC(C)(CSc1cnc(NC(=O)N(CC2CCCC2)c2cccc(Cl)c2)s1)C(=O)O. The first-order valence-corrected chi connectivity index (χ1v) is 12.1. The molecule has 2 amide bonds. The molecule has 1 aliphatic rings. The number of aliphatic carboxylic acids is 1. The Morgan fingerprint density at radius 3 is 2.77 bits per heavy atom. The van der Waals surface area contributed by atoms with E-state index in [-0.39, 0.29) is 6.03 Å². The number of anilines is 2. The second-order valence-corrected chi connectivity index (χ2v) is 10.9. The Kier molecular flexibility index (Phi) is 7.65. The van der Waals surface area contributed by atoms with Gasteiger partial charge >= 0.3 is 12.0 Å². The Morgan fingerprint density at radius 1 is 1.37 bits per heavy atom. The van der Waals surface area contributed by atoms with Crippen LogP contribution < -0.4 is 10.2 Å². The number of benzene rings is 1. The average Bonchev–Trinajstić information content (AvgIpc) is 3.36. The van der Waals surface area contributed by atoms with Crippen molar-refractivity contribution in [2.45, 2.75) is 43.7 Å². The van der Waals surface area contributed by atoms with E-state index in [1.807, 2.05) is 12.1 Å². The highest BCUT2D eigenvalue weighted by molar-refractivity contribution is 8.01. The van der Waals surface area contributed by atoms with Gasteiger partial charge in [-0.15, -0.1) is 11.8 Å². The molecule has 30 heavy (non-hydrogen) atoms. The Bertz CT molecular complexity index is 897. The van der Waals surface area contributed by atoms with E-state index in [4.69, 9.17) is 11.6 Å². The van der Waals surface area contributed by atoms with Crippen LogP contribution >= 0.6 is 34.7 Å². The summed E-state index contributed by atoms with van der Waals surface area (Å²) in [4.78, 5) is 30.4. The molecule has 1 saturated carbocycles. The molecule has 3 rings (SSSR count). The normalized spacial score (nSPS) is 14.6. The number of amides is 2. The summed E-state index contributed by atoms with van der Waals surface area (Å²) < 4.78 is 0.865. The highest BCUT2D eigenvalue weighted by atomic mass is 35.5. The molecule has 2 aromatic rings. The largest absolute Gasteiger partial charge is 0.481 e. The van der Waals surface area contributed by atoms with Crippen molar-refractivity contribution in [2.75, 3.05) is 22.5 Å². The lowest BCUT2D eigenvalue weighted by Crippen LogP contribution is -2.38. The number of nitrogens with one attached hydrogen (secondary N) is 1. The Balaban J connectivity index is 1.68. The van der Waals surface area contributed by atoms with Crippen LogP contribution in [0.4, 0.5) is 15.6 Å². The van der Waals surface area contributed by atoms with Gasteiger partial charge in [-0.1, -0.05) is 41.8 Å². The lowest BCUT2D eigenvalue weighted by Gasteiger charge is -2.26. The number of carboxylic acids is 1. The van der Waals surface area contributed by atoms with Crippen LogP contribution in [-0.2, 0) is 4.79 Å². The van der Waals surface area contributed by atoms with Crippen LogP contribution in [-0.4, -0.2) is 34.4 Å². The van der Waals surface area contributed by atoms with Crippen LogP contribution in [0.1, 0.15) is 39.5 Å². The standard InChI is InChI=1S/C21H26ClN3O3S2/c1-21(2,18(26)27)13-29-17-11-23-19(30-17)24-20(28)25(12-14-6-3-4-7-14)16-9-5-8-15(22)10-16/h5,8-11,14H,3-4,6-7,12-13H2,1-2H3,(H,26,27)(H,23,24,28). The van der Waals surface area contributed by atoms with Crippen molar-refractivity contribution in [3.05, 3.63) is 35.5 Å². The smallest absolute Gasteiger partial charge is 0.328 e. The third-order valence-corrected chi connectivity index (χ3v) is 7.94. The maximum Gasteiger partial charge on any atom is 0.328 e. The van der Waals surface area contributed by atoms with E-state index in [9.17, 15) is 14.7 Å². The van der Waals surface area contributed by atoms with Gasteiger partial charge in [0, 0.05) is 23.0 Å². The van der Waals surface area contributed by atoms with Crippen molar-refractivity contribution >= 4 is 57.5 Å². The minimum atomic E-state index is -0.836. The van der Waals surface area contributed by atoms with Gasteiger partial charge in [-0.25, -0.2) is 9.78 Å². The molecule has 9 heteroatoms. The van der Waals surface area contributed by atoms with E-state index < -0.39 is 11.4 Å². The van der Waals surface area contributed by atoms with Gasteiger partial charge in [-0.05, 0) is 50.8 Å². The molecule has 0 bridgehead atoms. The average molecular weight is 468 g/mol. The van der Waals surface area contributed by atoms with Crippen molar-refractivity contribution in [1.82, 2.24) is 4.98 Å². The summed E-state index contributed by atoms with van der Waals surface area (Å²) in [5.74, 6) is 0.0707. The number of carbonyl (C=O) groups excluding carboxylic acids is 1. The summed E-state index contributed by atoms with van der Waals surface area (Å²) in [6.45, 7) is 4.03. The molecule has 0 atom stereocenters. The lowest BCUT2D eigenvalue weighted by molar-refractivity contribution is -0.145. The van der Waals surface area contributed by atoms with Gasteiger partial charge in [0.2, 0.25) is 0 Å². The molecule has 1 fully saturated rings. The zero-order chi connectivity index (χ0) is 21.7. The van der Waals surface area contributed by atoms with Gasteiger partial charge in [-0.2, -0.15) is 0 Å². The van der Waals surface area contributed by atoms with E-state index in [1.165, 1.54) is 35.9 Å². The molecule has 0 saturated heterocycles. The van der Waals surface area contributed by atoms with Crippen LogP contribution in [0.25, 0.3) is 0 Å². The van der Waals surface area contributed by atoms with Gasteiger partial charge in [0.1, 0.15) is 0 Å². The van der Waals surface area contributed by atoms with Crippen LogP contribution in [0.3, 0.4) is 0 Å². The number of carbonyl (C=O) groups is 2. The molecular formula is C21H26ClN3O3S2. The molecular weight excluding hydrogens is 442 g/mol. The van der Waals surface area contributed by atoms with E-state index in [0.29, 0.717) is 28.4 Å². The van der Waals surface area contributed by atoms with Crippen molar-refractivity contribution in [1.29, 1.82) is 0 Å². The molecule has 0 aliphatic heterocycles. The first-order valence-electron chi connectivity index (χ1n) is 9.91. The zero-order valence-electron chi connectivity index (χ0n) is 17.1. The van der Waals surface area contributed by atoms with E-state index in [0.717, 1.165) is 22.7 Å². The fraction of sp³-hybridized carbons (Fsp3) is 0.476. The predicted molar refractivity (Wildman–Crippen MR) is 124 cm³/mol. The summed E-state index contributed by atoms with van der Waals surface area (Å²) in [6, 6.07) is 7.08. The minimum Gasteiger partial charge on any atom is -0.481 e. The van der Waals surface area contributed by atoms with Gasteiger partial charge in [0.15, 0.2) is 5.13 Å². The molecule has 162 valence electrons. The highest BCUT2D eigenvalue weighted by Crippen LogP contribution is 2.34. The summed E-state index contributed by atoms with van der Waals surface area (Å²) in [5.41, 5.74) is -0.0656. The molecule has 0 spiro atoms.